The summed E-state index contributed by atoms with van der Waals surface area (Å²) < 4.78 is 11.1. The highest BCUT2D eigenvalue weighted by Gasteiger charge is 2.09. The summed E-state index contributed by atoms with van der Waals surface area (Å²) in [6.45, 7) is 8.69. The minimum absolute atomic E-state index is 0.468. The third-order valence-electron chi connectivity index (χ3n) is 3.23. The third-order valence-corrected chi connectivity index (χ3v) is 3.23. The molecule has 2 aromatic heterocycles. The van der Waals surface area contributed by atoms with Crippen LogP contribution in [0.3, 0.4) is 0 Å². The second kappa shape index (κ2) is 6.77. The van der Waals surface area contributed by atoms with Crippen molar-refractivity contribution in [3.8, 4) is 0 Å². The molecule has 4 heteroatoms. The van der Waals surface area contributed by atoms with Crippen LogP contribution in [0.25, 0.3) is 0 Å². The molecule has 0 aromatic carbocycles. The van der Waals surface area contributed by atoms with Gasteiger partial charge in [-0.3, -0.25) is 4.90 Å². The average Bonchev–Trinajstić information content (AvgIpc) is 2.97. The fraction of sp³-hybridized carbons (Fsp3) is 0.500. The Kier molecular flexibility index (Phi) is 5.04. The summed E-state index contributed by atoms with van der Waals surface area (Å²) in [6, 6.07) is 6.58. The molecule has 0 atom stereocenters. The van der Waals surface area contributed by atoms with Gasteiger partial charge in [0, 0.05) is 18.2 Å². The van der Waals surface area contributed by atoms with E-state index in [1.807, 2.05) is 19.1 Å². The highest BCUT2D eigenvalue weighted by atomic mass is 16.3. The Morgan fingerprint density at radius 3 is 2.55 bits per heavy atom. The van der Waals surface area contributed by atoms with E-state index in [1.54, 1.807) is 6.26 Å². The van der Waals surface area contributed by atoms with Gasteiger partial charge in [0.15, 0.2) is 0 Å². The zero-order chi connectivity index (χ0) is 14.5. The summed E-state index contributed by atoms with van der Waals surface area (Å²) >= 11 is 0. The molecule has 2 aromatic rings. The van der Waals surface area contributed by atoms with Crippen molar-refractivity contribution in [2.45, 2.75) is 46.4 Å². The van der Waals surface area contributed by atoms with Crippen LogP contribution in [-0.2, 0) is 19.6 Å². The molecule has 0 fully saturated rings. The Bertz CT molecular complexity index is 528. The third kappa shape index (κ3) is 4.25. The van der Waals surface area contributed by atoms with E-state index in [-0.39, 0.29) is 0 Å². The fourth-order valence-corrected chi connectivity index (χ4v) is 2.10. The van der Waals surface area contributed by atoms with Gasteiger partial charge in [0.05, 0.1) is 19.4 Å². The molecule has 2 heterocycles. The fourth-order valence-electron chi connectivity index (χ4n) is 2.10. The number of nitrogens with zero attached hydrogens (tertiary/aromatic N) is 1. The maximum atomic E-state index is 5.83. The van der Waals surface area contributed by atoms with Crippen LogP contribution in [0.1, 0.15) is 36.7 Å². The highest BCUT2D eigenvalue weighted by Crippen LogP contribution is 2.14. The standard InChI is InChI=1S/C16H24N2O2/c1-12(2)17-9-15-5-6-16(20-15)11-18(4)10-14-7-8-19-13(14)3/h5-8,12,17H,9-11H2,1-4H3. The first-order chi connectivity index (χ1) is 9.54. The molecule has 1 N–H and O–H groups in total. The minimum Gasteiger partial charge on any atom is -0.469 e. The lowest BCUT2D eigenvalue weighted by atomic mass is 10.2. The second-order valence-electron chi connectivity index (χ2n) is 5.58. The first kappa shape index (κ1) is 14.9. The van der Waals surface area contributed by atoms with Gasteiger partial charge >= 0.3 is 0 Å². The van der Waals surface area contributed by atoms with Crippen LogP contribution in [0, 0.1) is 6.92 Å². The van der Waals surface area contributed by atoms with Crippen molar-refractivity contribution in [1.82, 2.24) is 10.2 Å². The van der Waals surface area contributed by atoms with E-state index in [2.05, 4.69) is 37.2 Å². The number of nitrogens with one attached hydrogen (secondary N) is 1. The molecular formula is C16H24N2O2. The van der Waals surface area contributed by atoms with Gasteiger partial charge in [0.2, 0.25) is 0 Å². The van der Waals surface area contributed by atoms with E-state index in [0.29, 0.717) is 6.04 Å². The minimum atomic E-state index is 0.468. The Morgan fingerprint density at radius 2 is 1.90 bits per heavy atom. The Morgan fingerprint density at radius 1 is 1.15 bits per heavy atom. The molecule has 0 amide bonds. The number of rotatable bonds is 7. The molecule has 0 aliphatic rings. The van der Waals surface area contributed by atoms with Crippen LogP contribution in [0.4, 0.5) is 0 Å². The Labute approximate surface area is 120 Å². The van der Waals surface area contributed by atoms with Crippen LogP contribution in [0.5, 0.6) is 0 Å². The lowest BCUT2D eigenvalue weighted by Crippen LogP contribution is -2.21. The summed E-state index contributed by atoms with van der Waals surface area (Å²) in [7, 11) is 2.08. The first-order valence-corrected chi connectivity index (χ1v) is 7.07. The quantitative estimate of drug-likeness (QED) is 0.842. The van der Waals surface area contributed by atoms with Crippen molar-refractivity contribution in [3.63, 3.8) is 0 Å². The molecule has 4 nitrogen and oxygen atoms in total. The highest BCUT2D eigenvalue weighted by molar-refractivity contribution is 5.15. The lowest BCUT2D eigenvalue weighted by molar-refractivity contribution is 0.280. The largest absolute Gasteiger partial charge is 0.469 e. The van der Waals surface area contributed by atoms with E-state index in [4.69, 9.17) is 8.83 Å². The van der Waals surface area contributed by atoms with Gasteiger partial charge in [-0.1, -0.05) is 13.8 Å². The Balaban J connectivity index is 1.85. The van der Waals surface area contributed by atoms with Crippen LogP contribution in [-0.4, -0.2) is 18.0 Å². The molecule has 110 valence electrons. The molecule has 0 saturated heterocycles. The van der Waals surface area contributed by atoms with Gasteiger partial charge in [0.25, 0.3) is 0 Å². The maximum absolute atomic E-state index is 5.83. The number of furan rings is 2. The SMILES string of the molecule is Cc1occc1CN(C)Cc1ccc(CNC(C)C)o1. The van der Waals surface area contributed by atoms with Crippen molar-refractivity contribution in [2.75, 3.05) is 7.05 Å². The van der Waals surface area contributed by atoms with Crippen LogP contribution in [0.15, 0.2) is 33.3 Å². The van der Waals surface area contributed by atoms with Gasteiger partial charge in [-0.2, -0.15) is 0 Å². The van der Waals surface area contributed by atoms with Crippen molar-refractivity contribution in [3.05, 3.63) is 47.3 Å². The smallest absolute Gasteiger partial charge is 0.118 e. The molecule has 20 heavy (non-hydrogen) atoms. The monoisotopic (exact) mass is 276 g/mol. The van der Waals surface area contributed by atoms with Crippen molar-refractivity contribution in [2.24, 2.45) is 0 Å². The average molecular weight is 276 g/mol. The summed E-state index contributed by atoms with van der Waals surface area (Å²) in [5.41, 5.74) is 1.22. The van der Waals surface area contributed by atoms with E-state index in [0.717, 1.165) is 36.9 Å². The first-order valence-electron chi connectivity index (χ1n) is 7.07. The molecular weight excluding hydrogens is 252 g/mol. The molecule has 0 radical (unpaired) electrons. The maximum Gasteiger partial charge on any atom is 0.118 e. The molecule has 0 unspecified atom stereocenters. The molecule has 0 aliphatic carbocycles. The van der Waals surface area contributed by atoms with Crippen LogP contribution < -0.4 is 5.32 Å². The molecule has 0 aliphatic heterocycles. The number of hydrogen-bond donors (Lipinski definition) is 1. The van der Waals surface area contributed by atoms with Gasteiger partial charge in [-0.05, 0) is 32.2 Å². The predicted octanol–water partition coefficient (Wildman–Crippen LogP) is 3.31. The summed E-state index contributed by atoms with van der Waals surface area (Å²) in [5.74, 6) is 2.97. The van der Waals surface area contributed by atoms with E-state index < -0.39 is 0 Å². The lowest BCUT2D eigenvalue weighted by Gasteiger charge is -2.14. The van der Waals surface area contributed by atoms with Gasteiger partial charge in [-0.25, -0.2) is 0 Å². The van der Waals surface area contributed by atoms with E-state index in [9.17, 15) is 0 Å². The van der Waals surface area contributed by atoms with Crippen molar-refractivity contribution >= 4 is 0 Å². The number of hydrogen-bond acceptors (Lipinski definition) is 4. The zero-order valence-electron chi connectivity index (χ0n) is 12.8. The second-order valence-corrected chi connectivity index (χ2v) is 5.58. The molecule has 2 rings (SSSR count). The molecule has 0 saturated carbocycles. The van der Waals surface area contributed by atoms with Crippen LogP contribution >= 0.6 is 0 Å². The number of aryl methyl sites for hydroxylation is 1. The summed E-state index contributed by atoms with van der Waals surface area (Å²) in [5, 5.41) is 3.35. The summed E-state index contributed by atoms with van der Waals surface area (Å²) in [4.78, 5) is 2.22. The van der Waals surface area contributed by atoms with Gasteiger partial charge < -0.3 is 14.2 Å². The molecule has 0 bridgehead atoms. The molecule has 0 spiro atoms. The van der Waals surface area contributed by atoms with E-state index in [1.165, 1.54) is 5.56 Å². The van der Waals surface area contributed by atoms with Gasteiger partial charge in [0.1, 0.15) is 17.3 Å². The summed E-state index contributed by atoms with van der Waals surface area (Å²) in [6.07, 6.45) is 1.74. The van der Waals surface area contributed by atoms with E-state index >= 15 is 0 Å². The predicted molar refractivity (Wildman–Crippen MR) is 79.3 cm³/mol. The Hall–Kier alpha value is -1.52. The van der Waals surface area contributed by atoms with Gasteiger partial charge in [-0.15, -0.1) is 0 Å². The normalized spacial score (nSPS) is 11.7. The van der Waals surface area contributed by atoms with Crippen LogP contribution in [0.2, 0.25) is 0 Å². The topological polar surface area (TPSA) is 41.6 Å². The zero-order valence-corrected chi connectivity index (χ0v) is 12.8. The van der Waals surface area contributed by atoms with Crippen molar-refractivity contribution in [1.29, 1.82) is 0 Å². The van der Waals surface area contributed by atoms with Crippen molar-refractivity contribution < 1.29 is 8.83 Å².